The smallest absolute Gasteiger partial charge is 0.363 e. The molecule has 1 aliphatic rings. The highest BCUT2D eigenvalue weighted by Gasteiger charge is 2.30. The molecule has 0 bridgehead atoms. The van der Waals surface area contributed by atoms with Gasteiger partial charge in [0.2, 0.25) is 5.78 Å². The van der Waals surface area contributed by atoms with E-state index in [0.717, 1.165) is 17.7 Å². The molecule has 0 atom stereocenters. The van der Waals surface area contributed by atoms with Gasteiger partial charge in [-0.25, -0.2) is 4.98 Å². The van der Waals surface area contributed by atoms with Crippen molar-refractivity contribution in [3.8, 4) is 0 Å². The topological polar surface area (TPSA) is 84.5 Å². The van der Waals surface area contributed by atoms with Crippen LogP contribution in [0, 0.1) is 10.1 Å². The molecule has 0 radical (unpaired) electrons. The van der Waals surface area contributed by atoms with Crippen LogP contribution >= 0.6 is 0 Å². The van der Waals surface area contributed by atoms with Gasteiger partial charge in [0.15, 0.2) is 5.82 Å². The van der Waals surface area contributed by atoms with E-state index < -0.39 is 22.4 Å². The lowest BCUT2D eigenvalue weighted by Gasteiger charge is -2.35. The van der Waals surface area contributed by atoms with Crippen LogP contribution in [0.4, 0.5) is 24.5 Å². The number of carbonyl (C=O) groups excluding carboxylic acids is 1. The van der Waals surface area contributed by atoms with Gasteiger partial charge in [-0.2, -0.15) is 13.2 Å². The van der Waals surface area contributed by atoms with Gasteiger partial charge < -0.3 is 9.47 Å². The summed E-state index contributed by atoms with van der Waals surface area (Å²) >= 11 is 0. The first-order chi connectivity index (χ1) is 16.1. The van der Waals surface area contributed by atoms with Crippen molar-refractivity contribution in [3.63, 3.8) is 0 Å². The average Bonchev–Trinajstić information content (AvgIpc) is 3.24. The van der Waals surface area contributed by atoms with Crippen LogP contribution in [0.25, 0.3) is 0 Å². The first-order valence-corrected chi connectivity index (χ1v) is 10.6. The third kappa shape index (κ3) is 4.93. The minimum absolute atomic E-state index is 0.156. The van der Waals surface area contributed by atoms with E-state index in [0.29, 0.717) is 38.4 Å². The minimum Gasteiger partial charge on any atom is -0.363 e. The van der Waals surface area contributed by atoms with Crippen LogP contribution in [-0.2, 0) is 19.8 Å². The molecule has 11 heteroatoms. The highest BCUT2D eigenvalue weighted by molar-refractivity contribution is 6.07. The molecule has 0 spiro atoms. The zero-order valence-corrected chi connectivity index (χ0v) is 18.3. The summed E-state index contributed by atoms with van der Waals surface area (Å²) < 4.78 is 39.8. The normalized spacial score (nSPS) is 14.9. The number of piperazine rings is 1. The Labute approximate surface area is 193 Å². The van der Waals surface area contributed by atoms with E-state index >= 15 is 0 Å². The number of imidazole rings is 1. The molecule has 0 saturated carbocycles. The van der Waals surface area contributed by atoms with Gasteiger partial charge in [-0.1, -0.05) is 12.1 Å². The van der Waals surface area contributed by atoms with Crippen LogP contribution in [0.3, 0.4) is 0 Å². The predicted molar refractivity (Wildman–Crippen MR) is 119 cm³/mol. The lowest BCUT2D eigenvalue weighted by Crippen LogP contribution is -2.46. The molecule has 178 valence electrons. The van der Waals surface area contributed by atoms with Crippen molar-refractivity contribution in [2.45, 2.75) is 12.7 Å². The third-order valence-electron chi connectivity index (χ3n) is 5.86. The summed E-state index contributed by atoms with van der Waals surface area (Å²) in [6, 6.07) is 9.51. The zero-order valence-electron chi connectivity index (χ0n) is 18.3. The first kappa shape index (κ1) is 23.4. The summed E-state index contributed by atoms with van der Waals surface area (Å²) in [5.41, 5.74) is 0.542. The Kier molecular flexibility index (Phi) is 6.38. The van der Waals surface area contributed by atoms with Crippen LogP contribution in [0.1, 0.15) is 27.3 Å². The van der Waals surface area contributed by atoms with E-state index in [4.69, 9.17) is 0 Å². The number of aryl methyl sites for hydroxylation is 1. The van der Waals surface area contributed by atoms with Crippen LogP contribution in [0.5, 0.6) is 0 Å². The maximum Gasteiger partial charge on any atom is 0.416 e. The van der Waals surface area contributed by atoms with E-state index in [-0.39, 0.29) is 17.1 Å². The molecule has 2 heterocycles. The van der Waals surface area contributed by atoms with Gasteiger partial charge in [-0.05, 0) is 29.8 Å². The fourth-order valence-electron chi connectivity index (χ4n) is 4.00. The van der Waals surface area contributed by atoms with E-state index in [1.165, 1.54) is 24.4 Å². The Morgan fingerprint density at radius 1 is 1.09 bits per heavy atom. The largest absolute Gasteiger partial charge is 0.416 e. The quantitative estimate of drug-likeness (QED) is 0.307. The van der Waals surface area contributed by atoms with Crippen molar-refractivity contribution in [1.29, 1.82) is 0 Å². The second kappa shape index (κ2) is 9.26. The fraction of sp³-hybridized carbons (Fsp3) is 0.304. The molecule has 3 aromatic rings. The summed E-state index contributed by atoms with van der Waals surface area (Å²) in [6.45, 7) is 2.69. The van der Waals surface area contributed by atoms with Gasteiger partial charge in [0.05, 0.1) is 10.5 Å². The van der Waals surface area contributed by atoms with Crippen LogP contribution < -0.4 is 4.90 Å². The molecule has 0 amide bonds. The molecule has 1 saturated heterocycles. The van der Waals surface area contributed by atoms with Crippen molar-refractivity contribution >= 4 is 17.2 Å². The fourth-order valence-corrected chi connectivity index (χ4v) is 4.00. The highest BCUT2D eigenvalue weighted by atomic mass is 19.4. The number of nitro groups is 1. The van der Waals surface area contributed by atoms with E-state index in [1.54, 1.807) is 29.9 Å². The van der Waals surface area contributed by atoms with Crippen molar-refractivity contribution in [2.24, 2.45) is 7.05 Å². The predicted octanol–water partition coefficient (Wildman–Crippen LogP) is 3.90. The molecule has 0 aliphatic carbocycles. The number of hydrogen-bond acceptors (Lipinski definition) is 6. The Balaban J connectivity index is 1.44. The van der Waals surface area contributed by atoms with Gasteiger partial charge >= 0.3 is 6.18 Å². The van der Waals surface area contributed by atoms with Crippen molar-refractivity contribution in [2.75, 3.05) is 31.1 Å². The maximum absolute atomic E-state index is 12.7. The molecular weight excluding hydrogens is 451 g/mol. The number of nitro benzene ring substituents is 1. The molecule has 1 aromatic heterocycles. The van der Waals surface area contributed by atoms with Gasteiger partial charge in [-0.3, -0.25) is 19.8 Å². The lowest BCUT2D eigenvalue weighted by atomic mass is 10.1. The molecule has 2 aromatic carbocycles. The molecule has 1 fully saturated rings. The van der Waals surface area contributed by atoms with E-state index in [9.17, 15) is 28.1 Å². The van der Waals surface area contributed by atoms with Gasteiger partial charge in [0, 0.05) is 63.8 Å². The molecule has 8 nitrogen and oxygen atoms in total. The lowest BCUT2D eigenvalue weighted by molar-refractivity contribution is -0.384. The molecule has 1 aliphatic heterocycles. The molecule has 0 unspecified atom stereocenters. The van der Waals surface area contributed by atoms with Crippen LogP contribution in [0.2, 0.25) is 0 Å². The number of nitrogens with zero attached hydrogens (tertiary/aromatic N) is 5. The summed E-state index contributed by atoms with van der Waals surface area (Å²) in [7, 11) is 1.67. The summed E-state index contributed by atoms with van der Waals surface area (Å²) in [5, 5.41) is 11.8. The standard InChI is InChI=1S/C23H22F3N5O3/c1-28-9-8-27-22(28)21(32)17-4-7-19(20(14-17)31(33)34)30-12-10-29(11-13-30)15-16-2-5-18(6-3-16)23(24,25)26/h2-9,14H,10-13,15H2,1H3. The number of rotatable bonds is 6. The van der Waals surface area contributed by atoms with Crippen LogP contribution in [0.15, 0.2) is 54.9 Å². The van der Waals surface area contributed by atoms with Crippen LogP contribution in [-0.4, -0.2) is 51.3 Å². The van der Waals surface area contributed by atoms with E-state index in [1.807, 2.05) is 4.90 Å². The molecule has 0 N–H and O–H groups in total. The molecule has 34 heavy (non-hydrogen) atoms. The third-order valence-corrected chi connectivity index (χ3v) is 5.86. The molecular formula is C23H22F3N5O3. The highest BCUT2D eigenvalue weighted by Crippen LogP contribution is 2.32. The number of hydrogen-bond donors (Lipinski definition) is 0. The monoisotopic (exact) mass is 473 g/mol. The Bertz CT molecular complexity index is 1200. The zero-order chi connectivity index (χ0) is 24.5. The SMILES string of the molecule is Cn1ccnc1C(=O)c1ccc(N2CCN(Cc3ccc(C(F)(F)F)cc3)CC2)c([N+](=O)[O-])c1. The van der Waals surface area contributed by atoms with E-state index in [2.05, 4.69) is 9.88 Å². The number of ketones is 1. The number of anilines is 1. The average molecular weight is 473 g/mol. The van der Waals surface area contributed by atoms with Crippen molar-refractivity contribution in [1.82, 2.24) is 14.5 Å². The van der Waals surface area contributed by atoms with Gasteiger partial charge in [-0.15, -0.1) is 0 Å². The second-order valence-electron chi connectivity index (χ2n) is 8.11. The molecule has 4 rings (SSSR count). The Morgan fingerprint density at radius 2 is 1.76 bits per heavy atom. The maximum atomic E-state index is 12.7. The number of benzene rings is 2. The van der Waals surface area contributed by atoms with Crippen molar-refractivity contribution < 1.29 is 22.9 Å². The second-order valence-corrected chi connectivity index (χ2v) is 8.11. The van der Waals surface area contributed by atoms with Gasteiger partial charge in [0.25, 0.3) is 5.69 Å². The van der Waals surface area contributed by atoms with Gasteiger partial charge in [0.1, 0.15) is 5.69 Å². The number of halogens is 3. The first-order valence-electron chi connectivity index (χ1n) is 10.6. The summed E-state index contributed by atoms with van der Waals surface area (Å²) in [5.74, 6) is -0.206. The minimum atomic E-state index is -4.36. The number of alkyl halides is 3. The number of aromatic nitrogens is 2. The Hall–Kier alpha value is -3.73. The van der Waals surface area contributed by atoms with Crippen molar-refractivity contribution in [3.05, 3.63) is 87.5 Å². The Morgan fingerprint density at radius 3 is 2.32 bits per heavy atom. The summed E-state index contributed by atoms with van der Waals surface area (Å²) in [4.78, 5) is 31.9. The number of carbonyl (C=O) groups is 1. The summed E-state index contributed by atoms with van der Waals surface area (Å²) in [6.07, 6.45) is -1.25.